The van der Waals surface area contributed by atoms with Gasteiger partial charge in [-0.05, 0) is 48.4 Å². The predicted molar refractivity (Wildman–Crippen MR) is 133 cm³/mol. The number of aliphatic hydroxyl groups excluding tert-OH is 1. The maximum atomic E-state index is 13.7. The van der Waals surface area contributed by atoms with E-state index in [-0.39, 0.29) is 17.9 Å². The molecule has 5 rings (SSSR count). The number of Topliss-reactive ketones (excluding diaryl/α,β-unsaturated/α-hetero) is 1. The first-order valence-corrected chi connectivity index (χ1v) is 11.4. The Morgan fingerprint density at radius 1 is 1.09 bits per heavy atom. The summed E-state index contributed by atoms with van der Waals surface area (Å²) in [6.45, 7) is 2.04. The molecule has 1 aliphatic heterocycles. The van der Waals surface area contributed by atoms with Crippen LogP contribution in [0.3, 0.4) is 0 Å². The number of aliphatic hydroxyl groups is 1. The van der Waals surface area contributed by atoms with Gasteiger partial charge in [-0.1, -0.05) is 54.1 Å². The standard InChI is InChI=1S/C28H22ClNO5/c1-16-7-3-5-9-20(16)25-24(26(31)23-14-18-13-19(29)11-12-22(18)35-23)27(32)28(33)30(25)15-17-8-4-6-10-21(17)34-2/h3-14,25,32H,15H2,1-2H3. The summed E-state index contributed by atoms with van der Waals surface area (Å²) in [4.78, 5) is 28.6. The van der Waals surface area contributed by atoms with E-state index in [9.17, 15) is 14.7 Å². The molecule has 6 nitrogen and oxygen atoms in total. The summed E-state index contributed by atoms with van der Waals surface area (Å²) < 4.78 is 11.2. The highest BCUT2D eigenvalue weighted by atomic mass is 35.5. The summed E-state index contributed by atoms with van der Waals surface area (Å²) in [5, 5.41) is 12.1. The van der Waals surface area contributed by atoms with Crippen molar-refractivity contribution in [3.63, 3.8) is 0 Å². The van der Waals surface area contributed by atoms with Gasteiger partial charge < -0.3 is 19.2 Å². The van der Waals surface area contributed by atoms with Crippen LogP contribution in [-0.2, 0) is 11.3 Å². The third-order valence-corrected chi connectivity index (χ3v) is 6.50. The SMILES string of the molecule is COc1ccccc1CN1C(=O)C(O)=C(C(=O)c2cc3cc(Cl)ccc3o2)C1c1ccccc1C. The number of carbonyl (C=O) groups excluding carboxylic acids is 2. The van der Waals surface area contributed by atoms with Gasteiger partial charge >= 0.3 is 0 Å². The first-order chi connectivity index (χ1) is 16.9. The van der Waals surface area contributed by atoms with Crippen molar-refractivity contribution in [2.24, 2.45) is 0 Å². The number of hydrogen-bond acceptors (Lipinski definition) is 5. The minimum Gasteiger partial charge on any atom is -0.503 e. The average Bonchev–Trinajstić information content (AvgIpc) is 3.38. The van der Waals surface area contributed by atoms with Gasteiger partial charge in [-0.2, -0.15) is 0 Å². The summed E-state index contributed by atoms with van der Waals surface area (Å²) in [7, 11) is 1.56. The molecule has 7 heteroatoms. The lowest BCUT2D eigenvalue weighted by atomic mass is 9.92. The van der Waals surface area contributed by atoms with Crippen LogP contribution in [0.5, 0.6) is 5.75 Å². The minimum atomic E-state index is -0.807. The zero-order valence-electron chi connectivity index (χ0n) is 19.1. The zero-order valence-corrected chi connectivity index (χ0v) is 19.9. The molecular formula is C28H22ClNO5. The number of methoxy groups -OCH3 is 1. The highest BCUT2D eigenvalue weighted by molar-refractivity contribution is 6.31. The Kier molecular flexibility index (Phi) is 5.83. The number of nitrogens with zero attached hydrogens (tertiary/aromatic N) is 1. The molecule has 0 spiro atoms. The molecular weight excluding hydrogens is 466 g/mol. The number of fused-ring (bicyclic) bond motifs is 1. The number of para-hydroxylation sites is 1. The third kappa shape index (κ3) is 3.96. The second kappa shape index (κ2) is 8.96. The Morgan fingerprint density at radius 2 is 1.83 bits per heavy atom. The van der Waals surface area contributed by atoms with E-state index in [4.69, 9.17) is 20.8 Å². The number of furan rings is 1. The molecule has 1 aliphatic rings. The lowest BCUT2D eigenvalue weighted by Gasteiger charge is -2.28. The van der Waals surface area contributed by atoms with Crippen molar-refractivity contribution >= 4 is 34.3 Å². The lowest BCUT2D eigenvalue weighted by Crippen LogP contribution is -2.31. The van der Waals surface area contributed by atoms with Crippen LogP contribution in [0.25, 0.3) is 11.0 Å². The van der Waals surface area contributed by atoms with Crippen LogP contribution >= 0.6 is 11.6 Å². The fourth-order valence-corrected chi connectivity index (χ4v) is 4.72. The molecule has 2 heterocycles. The van der Waals surface area contributed by atoms with Crippen molar-refractivity contribution < 1.29 is 23.8 Å². The highest BCUT2D eigenvalue weighted by Crippen LogP contribution is 2.42. The molecule has 0 aliphatic carbocycles. The number of aryl methyl sites for hydroxylation is 1. The van der Waals surface area contributed by atoms with Gasteiger partial charge in [-0.3, -0.25) is 9.59 Å². The number of rotatable bonds is 6. The second-order valence-electron chi connectivity index (χ2n) is 8.39. The third-order valence-electron chi connectivity index (χ3n) is 6.27. The monoisotopic (exact) mass is 487 g/mol. The van der Waals surface area contributed by atoms with Gasteiger partial charge in [0.25, 0.3) is 5.91 Å². The number of amides is 1. The first-order valence-electron chi connectivity index (χ1n) is 11.0. The predicted octanol–water partition coefficient (Wildman–Crippen LogP) is 6.18. The quantitative estimate of drug-likeness (QED) is 0.328. The summed E-state index contributed by atoms with van der Waals surface area (Å²) in [5.74, 6) is -1.14. The molecule has 0 radical (unpaired) electrons. The molecule has 1 amide bonds. The van der Waals surface area contributed by atoms with E-state index in [1.54, 1.807) is 37.4 Å². The molecule has 0 fully saturated rings. The number of halogens is 1. The Hall–Kier alpha value is -4.03. The van der Waals surface area contributed by atoms with E-state index >= 15 is 0 Å². The summed E-state index contributed by atoms with van der Waals surface area (Å²) >= 11 is 6.08. The number of benzene rings is 3. The van der Waals surface area contributed by atoms with Crippen LogP contribution in [0, 0.1) is 6.92 Å². The Balaban J connectivity index is 1.62. The molecule has 1 unspecified atom stereocenters. The minimum absolute atomic E-state index is 0.0225. The van der Waals surface area contributed by atoms with Crippen molar-refractivity contribution in [2.75, 3.05) is 7.11 Å². The fourth-order valence-electron chi connectivity index (χ4n) is 4.54. The van der Waals surface area contributed by atoms with Gasteiger partial charge in [0.1, 0.15) is 11.3 Å². The normalized spacial score (nSPS) is 15.8. The van der Waals surface area contributed by atoms with E-state index in [0.717, 1.165) is 16.7 Å². The lowest BCUT2D eigenvalue weighted by molar-refractivity contribution is -0.130. The van der Waals surface area contributed by atoms with Gasteiger partial charge in [-0.15, -0.1) is 0 Å². The Morgan fingerprint density at radius 3 is 2.60 bits per heavy atom. The van der Waals surface area contributed by atoms with Crippen LogP contribution in [0.2, 0.25) is 5.02 Å². The highest BCUT2D eigenvalue weighted by Gasteiger charge is 2.45. The van der Waals surface area contributed by atoms with Gasteiger partial charge in [0.2, 0.25) is 5.78 Å². The number of carbonyl (C=O) groups is 2. The topological polar surface area (TPSA) is 80.0 Å². The molecule has 1 atom stereocenters. The van der Waals surface area contributed by atoms with Gasteiger partial charge in [-0.25, -0.2) is 0 Å². The van der Waals surface area contributed by atoms with Gasteiger partial charge in [0.15, 0.2) is 11.5 Å². The fraction of sp³-hybridized carbons (Fsp3) is 0.143. The van der Waals surface area contributed by atoms with Crippen molar-refractivity contribution in [2.45, 2.75) is 19.5 Å². The van der Waals surface area contributed by atoms with E-state index in [2.05, 4.69) is 0 Å². The number of ether oxygens (including phenoxy) is 1. The van der Waals surface area contributed by atoms with Crippen LogP contribution in [0.4, 0.5) is 0 Å². The smallest absolute Gasteiger partial charge is 0.290 e. The molecule has 1 N–H and O–H groups in total. The molecule has 0 bridgehead atoms. The molecule has 1 aromatic heterocycles. The molecule has 3 aromatic carbocycles. The van der Waals surface area contributed by atoms with E-state index in [0.29, 0.717) is 21.7 Å². The van der Waals surface area contributed by atoms with E-state index < -0.39 is 23.5 Å². The molecule has 0 saturated heterocycles. The summed E-state index contributed by atoms with van der Waals surface area (Å²) in [6.07, 6.45) is 0. The average molecular weight is 488 g/mol. The molecule has 0 saturated carbocycles. The van der Waals surface area contributed by atoms with Gasteiger partial charge in [0, 0.05) is 16.0 Å². The van der Waals surface area contributed by atoms with Crippen LogP contribution in [0.1, 0.15) is 33.3 Å². The number of ketones is 1. The Labute approximate surface area is 207 Å². The van der Waals surface area contributed by atoms with Crippen LogP contribution < -0.4 is 4.74 Å². The molecule has 35 heavy (non-hydrogen) atoms. The largest absolute Gasteiger partial charge is 0.503 e. The zero-order chi connectivity index (χ0) is 24.7. The second-order valence-corrected chi connectivity index (χ2v) is 8.82. The summed E-state index contributed by atoms with van der Waals surface area (Å²) in [5.41, 5.74) is 2.83. The van der Waals surface area contributed by atoms with Crippen molar-refractivity contribution in [1.82, 2.24) is 4.90 Å². The van der Waals surface area contributed by atoms with Crippen LogP contribution in [0.15, 0.2) is 88.5 Å². The summed E-state index contributed by atoms with van der Waals surface area (Å²) in [6, 6.07) is 20.6. The van der Waals surface area contributed by atoms with Gasteiger partial charge in [0.05, 0.1) is 25.3 Å². The molecule has 4 aromatic rings. The molecule has 176 valence electrons. The van der Waals surface area contributed by atoms with Crippen molar-refractivity contribution in [1.29, 1.82) is 0 Å². The van der Waals surface area contributed by atoms with Crippen molar-refractivity contribution in [3.05, 3.63) is 112 Å². The van der Waals surface area contributed by atoms with E-state index in [1.165, 1.54) is 4.90 Å². The number of hydrogen-bond donors (Lipinski definition) is 1. The van der Waals surface area contributed by atoms with Crippen LogP contribution in [-0.4, -0.2) is 28.8 Å². The maximum absolute atomic E-state index is 13.7. The van der Waals surface area contributed by atoms with Crippen molar-refractivity contribution in [3.8, 4) is 5.75 Å². The first kappa shape index (κ1) is 22.7. The van der Waals surface area contributed by atoms with E-state index in [1.807, 2.05) is 49.4 Å². The maximum Gasteiger partial charge on any atom is 0.290 e. The Bertz CT molecular complexity index is 1500.